The van der Waals surface area contributed by atoms with Gasteiger partial charge in [-0.1, -0.05) is 35.9 Å². The molecule has 8 nitrogen and oxygen atoms in total. The maximum Gasteiger partial charge on any atom is 0.352 e. The fourth-order valence-corrected chi connectivity index (χ4v) is 3.76. The summed E-state index contributed by atoms with van der Waals surface area (Å²) in [7, 11) is 1.94. The average molecular weight is 458 g/mol. The smallest absolute Gasteiger partial charge is 0.335 e. The van der Waals surface area contributed by atoms with Gasteiger partial charge in [0.1, 0.15) is 11.5 Å². The standard InChI is InChI=1S/C22H21ClFN5O3/c1-26-9-11-27(12-10-26)20(30)19-21(31)28(14-15-5-4-6-16(23)13-15)22(32)29(25-19)18-8-3-2-7-17(18)24/h2-8,13H,9-12,14H2,1H3. The summed E-state index contributed by atoms with van der Waals surface area (Å²) in [6.07, 6.45) is 0. The highest BCUT2D eigenvalue weighted by molar-refractivity contribution is 6.30. The van der Waals surface area contributed by atoms with E-state index in [2.05, 4.69) is 10.00 Å². The van der Waals surface area contributed by atoms with Crippen LogP contribution in [-0.2, 0) is 6.54 Å². The number of halogens is 2. The molecule has 1 amide bonds. The van der Waals surface area contributed by atoms with Crippen LogP contribution in [0, 0.1) is 5.82 Å². The van der Waals surface area contributed by atoms with Crippen LogP contribution in [-0.4, -0.2) is 63.3 Å². The molecule has 1 aromatic heterocycles. The van der Waals surface area contributed by atoms with Crippen LogP contribution in [0.25, 0.3) is 5.69 Å². The van der Waals surface area contributed by atoms with Crippen molar-refractivity contribution in [1.29, 1.82) is 0 Å². The van der Waals surface area contributed by atoms with Crippen LogP contribution in [0.15, 0.2) is 58.1 Å². The Hall–Kier alpha value is -3.30. The Labute approximate surface area is 188 Å². The Bertz CT molecular complexity index is 1280. The molecule has 0 spiro atoms. The SMILES string of the molecule is CN1CCN(C(=O)c2nn(-c3ccccc3F)c(=O)n(Cc3cccc(Cl)c3)c2=O)CC1. The molecular weight excluding hydrogens is 437 g/mol. The lowest BCUT2D eigenvalue weighted by atomic mass is 10.2. The molecule has 0 N–H and O–H groups in total. The van der Waals surface area contributed by atoms with E-state index < -0.39 is 28.7 Å². The van der Waals surface area contributed by atoms with Crippen LogP contribution in [0.4, 0.5) is 4.39 Å². The molecule has 0 atom stereocenters. The number of piperazine rings is 1. The Morgan fingerprint density at radius 3 is 2.47 bits per heavy atom. The number of likely N-dealkylation sites (N-methyl/N-ethyl adjacent to an activating group) is 1. The number of para-hydroxylation sites is 1. The van der Waals surface area contributed by atoms with Crippen LogP contribution in [0.1, 0.15) is 16.1 Å². The third-order valence-electron chi connectivity index (χ3n) is 5.36. The number of amides is 1. The zero-order chi connectivity index (χ0) is 22.8. The first-order valence-electron chi connectivity index (χ1n) is 10.1. The average Bonchev–Trinajstić information content (AvgIpc) is 2.78. The maximum absolute atomic E-state index is 14.5. The van der Waals surface area contributed by atoms with E-state index >= 15 is 0 Å². The molecule has 166 valence electrons. The highest BCUT2D eigenvalue weighted by Crippen LogP contribution is 2.13. The minimum atomic E-state index is -0.852. The number of hydrogen-bond donors (Lipinski definition) is 0. The molecule has 32 heavy (non-hydrogen) atoms. The molecule has 2 heterocycles. The van der Waals surface area contributed by atoms with Crippen LogP contribution in [0.5, 0.6) is 0 Å². The van der Waals surface area contributed by atoms with Crippen LogP contribution >= 0.6 is 11.6 Å². The van der Waals surface area contributed by atoms with Crippen molar-refractivity contribution in [2.24, 2.45) is 0 Å². The van der Waals surface area contributed by atoms with Gasteiger partial charge in [0, 0.05) is 31.2 Å². The van der Waals surface area contributed by atoms with E-state index in [4.69, 9.17) is 11.6 Å². The van der Waals surface area contributed by atoms with Gasteiger partial charge in [-0.2, -0.15) is 9.78 Å². The summed E-state index contributed by atoms with van der Waals surface area (Å²) >= 11 is 6.04. The monoisotopic (exact) mass is 457 g/mol. The first-order chi connectivity index (χ1) is 15.3. The number of carbonyl (C=O) groups excluding carboxylic acids is 1. The summed E-state index contributed by atoms with van der Waals surface area (Å²) in [5.41, 5.74) is -1.67. The molecule has 10 heteroatoms. The van der Waals surface area contributed by atoms with E-state index in [0.717, 1.165) is 9.25 Å². The third-order valence-corrected chi connectivity index (χ3v) is 5.60. The van der Waals surface area contributed by atoms with Crippen molar-refractivity contribution in [2.45, 2.75) is 6.54 Å². The van der Waals surface area contributed by atoms with E-state index in [1.165, 1.54) is 23.1 Å². The van der Waals surface area contributed by atoms with Gasteiger partial charge in [-0.05, 0) is 36.9 Å². The van der Waals surface area contributed by atoms with Gasteiger partial charge < -0.3 is 9.80 Å². The maximum atomic E-state index is 14.5. The van der Waals surface area contributed by atoms with Gasteiger partial charge >= 0.3 is 5.69 Å². The fraction of sp³-hybridized carbons (Fsp3) is 0.273. The van der Waals surface area contributed by atoms with E-state index in [9.17, 15) is 18.8 Å². The highest BCUT2D eigenvalue weighted by atomic mass is 35.5. The molecule has 1 aliphatic rings. The molecule has 1 saturated heterocycles. The minimum Gasteiger partial charge on any atom is -0.335 e. The van der Waals surface area contributed by atoms with Crippen molar-refractivity contribution in [3.8, 4) is 5.69 Å². The van der Waals surface area contributed by atoms with Crippen LogP contribution in [0.3, 0.4) is 0 Å². The summed E-state index contributed by atoms with van der Waals surface area (Å²) < 4.78 is 16.1. The lowest BCUT2D eigenvalue weighted by Gasteiger charge is -2.32. The minimum absolute atomic E-state index is 0.141. The molecule has 1 fully saturated rings. The van der Waals surface area contributed by atoms with Gasteiger partial charge in [-0.3, -0.25) is 14.2 Å². The van der Waals surface area contributed by atoms with E-state index in [0.29, 0.717) is 36.8 Å². The number of rotatable bonds is 4. The lowest BCUT2D eigenvalue weighted by molar-refractivity contribution is 0.0652. The Balaban J connectivity index is 1.87. The number of hydrogen-bond acceptors (Lipinski definition) is 5. The molecule has 3 aromatic rings. The normalized spacial score (nSPS) is 14.5. The summed E-state index contributed by atoms with van der Waals surface area (Å²) in [6, 6.07) is 12.2. The zero-order valence-electron chi connectivity index (χ0n) is 17.4. The number of aromatic nitrogens is 3. The van der Waals surface area contributed by atoms with E-state index in [-0.39, 0.29) is 12.2 Å². The van der Waals surface area contributed by atoms with Gasteiger partial charge in [0.05, 0.1) is 6.54 Å². The molecule has 0 aliphatic carbocycles. The van der Waals surface area contributed by atoms with Gasteiger partial charge in [0.2, 0.25) is 5.69 Å². The summed E-state index contributed by atoms with van der Waals surface area (Å²) in [5.74, 6) is -1.29. The number of carbonyl (C=O) groups is 1. The second kappa shape index (κ2) is 9.05. The Kier molecular flexibility index (Phi) is 6.20. The fourth-order valence-electron chi connectivity index (χ4n) is 3.55. The molecule has 1 aliphatic heterocycles. The molecule has 0 bridgehead atoms. The molecule has 2 aromatic carbocycles. The predicted molar refractivity (Wildman–Crippen MR) is 118 cm³/mol. The second-order valence-electron chi connectivity index (χ2n) is 7.61. The van der Waals surface area contributed by atoms with Gasteiger partial charge in [-0.25, -0.2) is 9.18 Å². The van der Waals surface area contributed by atoms with E-state index in [1.807, 2.05) is 7.05 Å². The summed E-state index contributed by atoms with van der Waals surface area (Å²) in [4.78, 5) is 43.1. The van der Waals surface area contributed by atoms with Crippen molar-refractivity contribution in [1.82, 2.24) is 24.1 Å². The molecule has 0 unspecified atom stereocenters. The first kappa shape index (κ1) is 21.9. The topological polar surface area (TPSA) is 80.4 Å². The first-order valence-corrected chi connectivity index (χ1v) is 10.4. The van der Waals surface area contributed by atoms with Gasteiger partial charge in [0.25, 0.3) is 11.5 Å². The largest absolute Gasteiger partial charge is 0.352 e. The molecule has 4 rings (SSSR count). The van der Waals surface area contributed by atoms with Crippen LogP contribution in [0.2, 0.25) is 5.02 Å². The summed E-state index contributed by atoms with van der Waals surface area (Å²) in [5, 5.41) is 4.45. The lowest BCUT2D eigenvalue weighted by Crippen LogP contribution is -2.51. The van der Waals surface area contributed by atoms with Crippen molar-refractivity contribution < 1.29 is 9.18 Å². The highest BCUT2D eigenvalue weighted by Gasteiger charge is 2.27. The van der Waals surface area contributed by atoms with Gasteiger partial charge in [-0.15, -0.1) is 0 Å². The zero-order valence-corrected chi connectivity index (χ0v) is 18.1. The quantitative estimate of drug-likeness (QED) is 0.595. The molecular formula is C22H21ClFN5O3. The third kappa shape index (κ3) is 4.35. The van der Waals surface area contributed by atoms with E-state index in [1.54, 1.807) is 30.3 Å². The summed E-state index contributed by atoms with van der Waals surface area (Å²) in [6.45, 7) is 2.00. The van der Waals surface area contributed by atoms with Crippen molar-refractivity contribution in [2.75, 3.05) is 33.2 Å². The van der Waals surface area contributed by atoms with Crippen molar-refractivity contribution in [3.63, 3.8) is 0 Å². The Morgan fingerprint density at radius 1 is 1.06 bits per heavy atom. The Morgan fingerprint density at radius 2 is 1.78 bits per heavy atom. The molecule has 0 saturated carbocycles. The second-order valence-corrected chi connectivity index (χ2v) is 8.05. The van der Waals surface area contributed by atoms with Crippen molar-refractivity contribution in [3.05, 3.63) is 91.5 Å². The van der Waals surface area contributed by atoms with Crippen molar-refractivity contribution >= 4 is 17.5 Å². The predicted octanol–water partition coefficient (Wildman–Crippen LogP) is 1.62. The number of benzene rings is 2. The van der Waals surface area contributed by atoms with Crippen LogP contribution < -0.4 is 11.2 Å². The number of nitrogens with zero attached hydrogens (tertiary/aromatic N) is 5. The molecule has 0 radical (unpaired) electrons. The van der Waals surface area contributed by atoms with Gasteiger partial charge in [0.15, 0.2) is 0 Å².